The summed E-state index contributed by atoms with van der Waals surface area (Å²) in [5, 5.41) is 2.86. The predicted octanol–water partition coefficient (Wildman–Crippen LogP) is 3.47. The van der Waals surface area contributed by atoms with E-state index in [0.717, 1.165) is 17.3 Å². The number of alkyl halides is 3. The number of rotatable bonds is 6. The molecule has 9 heteroatoms. The largest absolute Gasteiger partial charge is 0.416 e. The van der Waals surface area contributed by atoms with E-state index in [-0.39, 0.29) is 24.2 Å². The van der Waals surface area contributed by atoms with Crippen molar-refractivity contribution in [1.29, 1.82) is 0 Å². The molecule has 2 aromatic carbocycles. The van der Waals surface area contributed by atoms with Gasteiger partial charge in [0.15, 0.2) is 0 Å². The molecule has 2 aliphatic rings. The van der Waals surface area contributed by atoms with Crippen molar-refractivity contribution in [1.82, 2.24) is 10.2 Å². The standard InChI is InChI=1S/C24H27F4N3O2/c1-33-11-8-29-23(32)20-13-17-12-18(24(26,27)28)4-7-21(17)31-10-9-30(15-22(20)31)14-16-2-5-19(25)6-3-16/h2-7,12,20,22H,8-11,13-15H2,1H3,(H,29,32). The van der Waals surface area contributed by atoms with Crippen LogP contribution < -0.4 is 10.2 Å². The summed E-state index contributed by atoms with van der Waals surface area (Å²) in [7, 11) is 1.54. The molecular weight excluding hydrogens is 438 g/mol. The third-order valence-corrected chi connectivity index (χ3v) is 6.38. The average molecular weight is 465 g/mol. The number of hydrogen-bond donors (Lipinski definition) is 1. The van der Waals surface area contributed by atoms with Crippen molar-refractivity contribution >= 4 is 11.6 Å². The summed E-state index contributed by atoms with van der Waals surface area (Å²) in [6.45, 7) is 3.17. The fraction of sp³-hybridized carbons (Fsp3) is 0.458. The van der Waals surface area contributed by atoms with Crippen molar-refractivity contribution in [2.24, 2.45) is 5.92 Å². The van der Waals surface area contributed by atoms with E-state index in [2.05, 4.69) is 15.1 Å². The number of anilines is 1. The maximum Gasteiger partial charge on any atom is 0.416 e. The summed E-state index contributed by atoms with van der Waals surface area (Å²) < 4.78 is 58.2. The SMILES string of the molecule is COCCNC(=O)C1Cc2cc(C(F)(F)F)ccc2N2CCN(Cc3ccc(F)cc3)CC12. The molecule has 1 N–H and O–H groups in total. The van der Waals surface area contributed by atoms with E-state index in [0.29, 0.717) is 44.9 Å². The second-order valence-corrected chi connectivity index (χ2v) is 8.56. The van der Waals surface area contributed by atoms with Gasteiger partial charge in [-0.1, -0.05) is 12.1 Å². The summed E-state index contributed by atoms with van der Waals surface area (Å²) in [5.74, 6) is -0.971. The first kappa shape index (κ1) is 23.5. The highest BCUT2D eigenvalue weighted by Crippen LogP contribution is 2.39. The summed E-state index contributed by atoms with van der Waals surface area (Å²) in [5.41, 5.74) is 1.57. The van der Waals surface area contributed by atoms with Gasteiger partial charge in [-0.15, -0.1) is 0 Å². The topological polar surface area (TPSA) is 44.8 Å². The first-order valence-corrected chi connectivity index (χ1v) is 11.0. The fourth-order valence-electron chi connectivity index (χ4n) is 4.76. The average Bonchev–Trinajstić information content (AvgIpc) is 2.79. The Morgan fingerprint density at radius 1 is 1.15 bits per heavy atom. The first-order valence-electron chi connectivity index (χ1n) is 11.0. The lowest BCUT2D eigenvalue weighted by Gasteiger charge is -2.49. The molecule has 5 nitrogen and oxygen atoms in total. The van der Waals surface area contributed by atoms with Crippen molar-refractivity contribution in [3.8, 4) is 0 Å². The highest BCUT2D eigenvalue weighted by atomic mass is 19.4. The summed E-state index contributed by atoms with van der Waals surface area (Å²) in [6.07, 6.45) is -4.19. The molecule has 0 spiro atoms. The molecule has 2 unspecified atom stereocenters. The minimum absolute atomic E-state index is 0.175. The van der Waals surface area contributed by atoms with E-state index in [9.17, 15) is 22.4 Å². The Kier molecular flexibility index (Phi) is 6.90. The third kappa shape index (κ3) is 5.30. The van der Waals surface area contributed by atoms with E-state index >= 15 is 0 Å². The number of piperazine rings is 1. The number of nitrogens with one attached hydrogen (secondary N) is 1. The van der Waals surface area contributed by atoms with Gasteiger partial charge in [-0.25, -0.2) is 4.39 Å². The van der Waals surface area contributed by atoms with Crippen molar-refractivity contribution < 1.29 is 27.1 Å². The van der Waals surface area contributed by atoms with Gasteiger partial charge in [0.2, 0.25) is 5.91 Å². The Hall–Kier alpha value is -2.65. The van der Waals surface area contributed by atoms with Crippen LogP contribution in [-0.4, -0.2) is 56.7 Å². The van der Waals surface area contributed by atoms with Crippen LogP contribution in [0.4, 0.5) is 23.2 Å². The van der Waals surface area contributed by atoms with Gasteiger partial charge in [-0.3, -0.25) is 9.69 Å². The maximum atomic E-state index is 13.3. The number of amides is 1. The Morgan fingerprint density at radius 3 is 2.61 bits per heavy atom. The second kappa shape index (κ2) is 9.69. The van der Waals surface area contributed by atoms with Crippen LogP contribution in [0.2, 0.25) is 0 Å². The number of carbonyl (C=O) groups excluding carboxylic acids is 1. The summed E-state index contributed by atoms with van der Waals surface area (Å²) in [4.78, 5) is 17.3. The van der Waals surface area contributed by atoms with Gasteiger partial charge in [0.05, 0.1) is 24.1 Å². The van der Waals surface area contributed by atoms with Crippen molar-refractivity contribution in [2.45, 2.75) is 25.2 Å². The van der Waals surface area contributed by atoms with Crippen molar-refractivity contribution in [3.63, 3.8) is 0 Å². The molecule has 0 aromatic heterocycles. The lowest BCUT2D eigenvalue weighted by molar-refractivity contribution is -0.137. The Bertz CT molecular complexity index is 981. The maximum absolute atomic E-state index is 13.3. The molecule has 1 fully saturated rings. The van der Waals surface area contributed by atoms with Gasteiger partial charge in [0, 0.05) is 45.5 Å². The van der Waals surface area contributed by atoms with Gasteiger partial charge in [-0.2, -0.15) is 13.2 Å². The van der Waals surface area contributed by atoms with Gasteiger partial charge < -0.3 is 15.0 Å². The number of methoxy groups -OCH3 is 1. The quantitative estimate of drug-likeness (QED) is 0.524. The molecule has 2 heterocycles. The third-order valence-electron chi connectivity index (χ3n) is 6.38. The molecule has 0 saturated carbocycles. The Labute approximate surface area is 190 Å². The van der Waals surface area contributed by atoms with Crippen molar-refractivity contribution in [2.75, 3.05) is 44.8 Å². The number of fused-ring (bicyclic) bond motifs is 3. The van der Waals surface area contributed by atoms with E-state index in [1.807, 2.05) is 0 Å². The van der Waals surface area contributed by atoms with Gasteiger partial charge >= 0.3 is 6.18 Å². The van der Waals surface area contributed by atoms with Crippen LogP contribution in [0, 0.1) is 11.7 Å². The molecule has 0 aliphatic carbocycles. The Morgan fingerprint density at radius 2 is 1.91 bits per heavy atom. The molecule has 2 atom stereocenters. The summed E-state index contributed by atoms with van der Waals surface area (Å²) in [6, 6.07) is 9.97. The predicted molar refractivity (Wildman–Crippen MR) is 116 cm³/mol. The molecule has 33 heavy (non-hydrogen) atoms. The lowest BCUT2D eigenvalue weighted by atomic mass is 9.82. The zero-order chi connectivity index (χ0) is 23.6. The monoisotopic (exact) mass is 465 g/mol. The zero-order valence-corrected chi connectivity index (χ0v) is 18.4. The second-order valence-electron chi connectivity index (χ2n) is 8.56. The zero-order valence-electron chi connectivity index (χ0n) is 18.4. The fourth-order valence-corrected chi connectivity index (χ4v) is 4.76. The lowest BCUT2D eigenvalue weighted by Crippen LogP contribution is -2.61. The minimum Gasteiger partial charge on any atom is -0.383 e. The molecule has 0 bridgehead atoms. The Balaban J connectivity index is 1.58. The number of carbonyl (C=O) groups is 1. The van der Waals surface area contributed by atoms with E-state index in [4.69, 9.17) is 4.74 Å². The van der Waals surface area contributed by atoms with Gasteiger partial charge in [0.25, 0.3) is 0 Å². The highest BCUT2D eigenvalue weighted by molar-refractivity contribution is 5.82. The van der Waals surface area contributed by atoms with Crippen LogP contribution in [-0.2, 0) is 28.7 Å². The summed E-state index contributed by atoms with van der Waals surface area (Å²) >= 11 is 0. The number of benzene rings is 2. The molecule has 2 aliphatic heterocycles. The molecule has 1 saturated heterocycles. The van der Waals surface area contributed by atoms with Crippen molar-refractivity contribution in [3.05, 3.63) is 65.0 Å². The molecule has 4 rings (SSSR count). The van der Waals surface area contributed by atoms with Crippen LogP contribution in [0.15, 0.2) is 42.5 Å². The number of ether oxygens (including phenoxy) is 1. The first-order chi connectivity index (χ1) is 15.8. The highest BCUT2D eigenvalue weighted by Gasteiger charge is 2.42. The van der Waals surface area contributed by atoms with Gasteiger partial charge in [0.1, 0.15) is 5.82 Å². The van der Waals surface area contributed by atoms with E-state index in [1.54, 1.807) is 12.1 Å². The van der Waals surface area contributed by atoms with Crippen LogP contribution in [0.25, 0.3) is 0 Å². The smallest absolute Gasteiger partial charge is 0.383 e. The van der Waals surface area contributed by atoms with Crippen LogP contribution >= 0.6 is 0 Å². The van der Waals surface area contributed by atoms with E-state index in [1.165, 1.54) is 31.4 Å². The van der Waals surface area contributed by atoms with Gasteiger partial charge in [-0.05, 0) is 47.9 Å². The molecule has 0 radical (unpaired) electrons. The molecule has 1 amide bonds. The van der Waals surface area contributed by atoms with Crippen LogP contribution in [0.5, 0.6) is 0 Å². The van der Waals surface area contributed by atoms with Crippen LogP contribution in [0.1, 0.15) is 16.7 Å². The molecule has 178 valence electrons. The van der Waals surface area contributed by atoms with Crippen LogP contribution in [0.3, 0.4) is 0 Å². The minimum atomic E-state index is -4.43. The number of hydrogen-bond acceptors (Lipinski definition) is 4. The molecule has 2 aromatic rings. The molecular formula is C24H27F4N3O2. The number of halogens is 4. The van der Waals surface area contributed by atoms with E-state index < -0.39 is 17.7 Å². The number of nitrogens with zero attached hydrogens (tertiary/aromatic N) is 2. The normalized spacial score (nSPS) is 20.8.